The van der Waals surface area contributed by atoms with E-state index < -0.39 is 17.8 Å². The van der Waals surface area contributed by atoms with Crippen molar-refractivity contribution in [3.63, 3.8) is 0 Å². The highest BCUT2D eigenvalue weighted by molar-refractivity contribution is 6.32. The molecule has 1 aromatic heterocycles. The molecule has 0 spiro atoms. The number of halogens is 4. The first-order valence-electron chi connectivity index (χ1n) is 9.45. The number of hydrogen-bond donors (Lipinski definition) is 3. The number of alkyl halides is 3. The molecule has 0 aliphatic heterocycles. The fourth-order valence-corrected chi connectivity index (χ4v) is 3.08. The lowest BCUT2D eigenvalue weighted by atomic mass is 10.1. The van der Waals surface area contributed by atoms with Crippen molar-refractivity contribution in [1.29, 1.82) is 0 Å². The average molecular weight is 466 g/mol. The van der Waals surface area contributed by atoms with Crippen molar-refractivity contribution < 1.29 is 22.7 Å². The van der Waals surface area contributed by atoms with Crippen LogP contribution in [0.15, 0.2) is 48.8 Å². The number of nitrogens with one attached hydrogen (secondary N) is 3. The molecule has 2 aromatic carbocycles. The van der Waals surface area contributed by atoms with E-state index in [1.165, 1.54) is 24.5 Å². The fourth-order valence-electron chi connectivity index (χ4n) is 2.80. The smallest absolute Gasteiger partial charge is 0.416 e. The molecule has 3 N–H and O–H groups in total. The second kappa shape index (κ2) is 9.73. The summed E-state index contributed by atoms with van der Waals surface area (Å²) in [6.07, 6.45) is -2.64. The summed E-state index contributed by atoms with van der Waals surface area (Å²) < 4.78 is 44.4. The normalized spacial score (nSPS) is 11.1. The highest BCUT2D eigenvalue weighted by Gasteiger charge is 2.30. The quantitative estimate of drug-likeness (QED) is 0.404. The first-order chi connectivity index (χ1) is 15.2. The lowest BCUT2D eigenvalue weighted by Crippen LogP contribution is -2.20. The number of hydrogen-bond acceptors (Lipinski definition) is 5. The molecule has 0 saturated carbocycles. The third kappa shape index (κ3) is 5.79. The summed E-state index contributed by atoms with van der Waals surface area (Å²) in [4.78, 5) is 20.4. The molecule has 0 aliphatic carbocycles. The van der Waals surface area contributed by atoms with E-state index in [2.05, 4.69) is 25.9 Å². The van der Waals surface area contributed by atoms with E-state index in [4.69, 9.17) is 16.3 Å². The lowest BCUT2D eigenvalue weighted by Gasteiger charge is -2.15. The van der Waals surface area contributed by atoms with Crippen molar-refractivity contribution in [2.24, 2.45) is 0 Å². The monoisotopic (exact) mass is 465 g/mol. The van der Waals surface area contributed by atoms with E-state index in [9.17, 15) is 18.0 Å². The van der Waals surface area contributed by atoms with Crippen LogP contribution in [0.4, 0.5) is 35.2 Å². The lowest BCUT2D eigenvalue weighted by molar-refractivity contribution is -0.137. The molecule has 3 rings (SSSR count). The summed E-state index contributed by atoms with van der Waals surface area (Å²) in [5.41, 5.74) is 0.182. The highest BCUT2D eigenvalue weighted by Crippen LogP contribution is 2.36. The highest BCUT2D eigenvalue weighted by atomic mass is 35.5. The number of carbonyl (C=O) groups excluding carboxylic acids is 1. The zero-order valence-electron chi connectivity index (χ0n) is 17.0. The minimum absolute atomic E-state index is 0.00295. The Hall–Kier alpha value is -3.53. The fraction of sp³-hybridized carbons (Fsp3) is 0.190. The number of urea groups is 1. The summed E-state index contributed by atoms with van der Waals surface area (Å²) >= 11 is 6.37. The first-order valence-corrected chi connectivity index (χ1v) is 9.82. The van der Waals surface area contributed by atoms with E-state index >= 15 is 0 Å². The van der Waals surface area contributed by atoms with Gasteiger partial charge < -0.3 is 20.7 Å². The Bertz CT molecular complexity index is 1120. The summed E-state index contributed by atoms with van der Waals surface area (Å²) in [6.45, 7) is 1.88. The van der Waals surface area contributed by atoms with Gasteiger partial charge >= 0.3 is 12.2 Å². The molecule has 11 heteroatoms. The SMILES string of the molecule is CCc1cc(NC(=O)Nc2cccc(C(F)(F)F)c2)cc(Cl)c1Oc1cc(NC)ncn1. The zero-order chi connectivity index (χ0) is 23.3. The zero-order valence-corrected chi connectivity index (χ0v) is 17.8. The standard InChI is InChI=1S/C21H19ClF3N5O2/c1-3-12-7-15(9-16(22)19(12)32-18-10-17(26-2)27-11-28-18)30-20(31)29-14-6-4-5-13(8-14)21(23,24)25/h4-11H,3H2,1-2H3,(H,26,27,28)(H2,29,30,31). The number of carbonyl (C=O) groups is 1. The molecule has 7 nitrogen and oxygen atoms in total. The number of aromatic nitrogens is 2. The van der Waals surface area contributed by atoms with Gasteiger partial charge in [-0.15, -0.1) is 0 Å². The molecule has 0 atom stereocenters. The Balaban J connectivity index is 1.76. The van der Waals surface area contributed by atoms with Crippen LogP contribution in [0.3, 0.4) is 0 Å². The first kappa shape index (κ1) is 23.1. The van der Waals surface area contributed by atoms with Gasteiger partial charge in [-0.3, -0.25) is 0 Å². The van der Waals surface area contributed by atoms with E-state index in [0.717, 1.165) is 12.1 Å². The number of benzene rings is 2. The van der Waals surface area contributed by atoms with Crippen molar-refractivity contribution in [2.75, 3.05) is 23.0 Å². The maximum atomic E-state index is 12.9. The van der Waals surface area contributed by atoms with Crippen LogP contribution in [-0.4, -0.2) is 23.0 Å². The molecular weight excluding hydrogens is 447 g/mol. The van der Waals surface area contributed by atoms with Crippen molar-refractivity contribution in [2.45, 2.75) is 19.5 Å². The van der Waals surface area contributed by atoms with Crippen LogP contribution in [-0.2, 0) is 12.6 Å². The van der Waals surface area contributed by atoms with Gasteiger partial charge in [0.15, 0.2) is 5.75 Å². The molecule has 3 aromatic rings. The van der Waals surface area contributed by atoms with Gasteiger partial charge in [-0.05, 0) is 42.3 Å². The predicted octanol–water partition coefficient (Wildman–Crippen LogP) is 6.19. The van der Waals surface area contributed by atoms with Gasteiger partial charge in [-0.1, -0.05) is 24.6 Å². The van der Waals surface area contributed by atoms with Crippen LogP contribution in [0.25, 0.3) is 0 Å². The average Bonchev–Trinajstić information content (AvgIpc) is 2.75. The van der Waals surface area contributed by atoms with Gasteiger partial charge in [0.1, 0.15) is 12.1 Å². The maximum absolute atomic E-state index is 12.9. The Morgan fingerprint density at radius 1 is 1.09 bits per heavy atom. The van der Waals surface area contributed by atoms with Crippen LogP contribution in [0.1, 0.15) is 18.1 Å². The largest absolute Gasteiger partial charge is 0.437 e. The molecular formula is C21H19ClF3N5O2. The predicted molar refractivity (Wildman–Crippen MR) is 117 cm³/mol. The van der Waals surface area contributed by atoms with Gasteiger partial charge in [-0.2, -0.15) is 13.2 Å². The summed E-state index contributed by atoms with van der Waals surface area (Å²) in [7, 11) is 1.71. The number of aryl methyl sites for hydroxylation is 1. The topological polar surface area (TPSA) is 88.2 Å². The van der Waals surface area contributed by atoms with Crippen LogP contribution < -0.4 is 20.7 Å². The molecule has 0 fully saturated rings. The van der Waals surface area contributed by atoms with Crippen molar-refractivity contribution in [1.82, 2.24) is 9.97 Å². The number of rotatable bonds is 6. The Labute approximate surface area is 187 Å². The summed E-state index contributed by atoms with van der Waals surface area (Å²) in [5, 5.41) is 8.05. The molecule has 0 saturated heterocycles. The van der Waals surface area contributed by atoms with Gasteiger partial charge in [0, 0.05) is 24.5 Å². The minimum Gasteiger partial charge on any atom is -0.437 e. The van der Waals surface area contributed by atoms with Crippen LogP contribution in [0, 0.1) is 0 Å². The molecule has 0 unspecified atom stereocenters. The van der Waals surface area contributed by atoms with Crippen molar-refractivity contribution in [3.8, 4) is 11.6 Å². The van der Waals surface area contributed by atoms with Crippen molar-refractivity contribution in [3.05, 3.63) is 64.9 Å². The molecule has 0 bridgehead atoms. The molecule has 0 aliphatic rings. The Morgan fingerprint density at radius 2 is 1.84 bits per heavy atom. The van der Waals surface area contributed by atoms with Gasteiger partial charge in [0.25, 0.3) is 0 Å². The van der Waals surface area contributed by atoms with E-state index in [1.54, 1.807) is 19.2 Å². The Kier molecular flexibility index (Phi) is 7.04. The molecule has 1 heterocycles. The third-order valence-electron chi connectivity index (χ3n) is 4.31. The summed E-state index contributed by atoms with van der Waals surface area (Å²) in [6, 6.07) is 8.36. The third-order valence-corrected chi connectivity index (χ3v) is 4.59. The van der Waals surface area contributed by atoms with Gasteiger partial charge in [0.05, 0.1) is 10.6 Å². The van der Waals surface area contributed by atoms with Crippen molar-refractivity contribution >= 4 is 34.8 Å². The number of nitrogens with zero attached hydrogens (tertiary/aromatic N) is 2. The molecule has 32 heavy (non-hydrogen) atoms. The number of anilines is 3. The molecule has 2 amide bonds. The Morgan fingerprint density at radius 3 is 2.53 bits per heavy atom. The van der Waals surface area contributed by atoms with E-state index in [0.29, 0.717) is 29.2 Å². The minimum atomic E-state index is -4.51. The number of amides is 2. The van der Waals surface area contributed by atoms with Crippen LogP contribution in [0.5, 0.6) is 11.6 Å². The second-order valence-corrected chi connectivity index (χ2v) is 6.96. The molecule has 0 radical (unpaired) electrons. The van der Waals surface area contributed by atoms with Crippen LogP contribution in [0.2, 0.25) is 5.02 Å². The van der Waals surface area contributed by atoms with Gasteiger partial charge in [-0.25, -0.2) is 14.8 Å². The second-order valence-electron chi connectivity index (χ2n) is 6.55. The van der Waals surface area contributed by atoms with E-state index in [-0.39, 0.29) is 16.6 Å². The van der Waals surface area contributed by atoms with Crippen LogP contribution >= 0.6 is 11.6 Å². The maximum Gasteiger partial charge on any atom is 0.416 e. The number of ether oxygens (including phenoxy) is 1. The summed E-state index contributed by atoms with van der Waals surface area (Å²) in [5.74, 6) is 1.22. The molecule has 168 valence electrons. The van der Waals surface area contributed by atoms with Gasteiger partial charge in [0.2, 0.25) is 5.88 Å². The van der Waals surface area contributed by atoms with E-state index in [1.807, 2.05) is 6.92 Å².